The minimum absolute atomic E-state index is 0.00756. The van der Waals surface area contributed by atoms with Crippen LogP contribution in [0.2, 0.25) is 0 Å². The second kappa shape index (κ2) is 4.78. The molecular weight excluding hydrogens is 273 g/mol. The van der Waals surface area contributed by atoms with Gasteiger partial charge in [0, 0.05) is 13.1 Å². The third-order valence-corrected chi connectivity index (χ3v) is 5.11. The minimum Gasteiger partial charge on any atom is -0.395 e. The third kappa shape index (κ3) is 2.41. The first-order valence-electron chi connectivity index (χ1n) is 5.67. The maximum absolute atomic E-state index is 13.3. The van der Waals surface area contributed by atoms with E-state index in [-0.39, 0.29) is 18.0 Å². The van der Waals surface area contributed by atoms with Gasteiger partial charge in [-0.25, -0.2) is 12.8 Å². The van der Waals surface area contributed by atoms with Gasteiger partial charge in [-0.1, -0.05) is 6.07 Å². The van der Waals surface area contributed by atoms with Crippen molar-refractivity contribution in [2.24, 2.45) is 11.7 Å². The Morgan fingerprint density at radius 3 is 2.68 bits per heavy atom. The lowest BCUT2D eigenvalue weighted by Crippen LogP contribution is -2.32. The molecule has 0 radical (unpaired) electrons. The Bertz CT molecular complexity index is 618. The molecule has 19 heavy (non-hydrogen) atoms. The van der Waals surface area contributed by atoms with Crippen molar-refractivity contribution < 1.29 is 17.6 Å². The van der Waals surface area contributed by atoms with Gasteiger partial charge in [0.2, 0.25) is 15.9 Å². The molecule has 1 atom stereocenters. The number of nitrogens with two attached hydrogens (primary N) is 2. The van der Waals surface area contributed by atoms with E-state index in [1.165, 1.54) is 12.1 Å². The molecule has 8 heteroatoms. The van der Waals surface area contributed by atoms with E-state index in [4.69, 9.17) is 11.5 Å². The molecule has 0 saturated carbocycles. The average molecular weight is 287 g/mol. The predicted octanol–water partition coefficient (Wildman–Crippen LogP) is -0.0962. The van der Waals surface area contributed by atoms with Crippen molar-refractivity contribution in [1.82, 2.24) is 4.31 Å². The molecule has 6 nitrogen and oxygen atoms in total. The Morgan fingerprint density at radius 2 is 2.11 bits per heavy atom. The molecule has 1 heterocycles. The topological polar surface area (TPSA) is 106 Å². The van der Waals surface area contributed by atoms with Crippen LogP contribution in [0.3, 0.4) is 0 Å². The average Bonchev–Trinajstić information content (AvgIpc) is 2.82. The van der Waals surface area contributed by atoms with Crippen LogP contribution in [-0.4, -0.2) is 31.7 Å². The van der Waals surface area contributed by atoms with Crippen molar-refractivity contribution in [2.45, 2.75) is 11.3 Å². The summed E-state index contributed by atoms with van der Waals surface area (Å²) in [5, 5.41) is 0. The number of amides is 1. The summed E-state index contributed by atoms with van der Waals surface area (Å²) in [6, 6.07) is 3.61. The van der Waals surface area contributed by atoms with E-state index in [0.717, 1.165) is 10.4 Å². The highest BCUT2D eigenvalue weighted by molar-refractivity contribution is 7.89. The molecule has 2 rings (SSSR count). The number of anilines is 1. The number of carbonyl (C=O) groups is 1. The Kier molecular flexibility index (Phi) is 3.46. The number of nitrogens with zero attached hydrogens (tertiary/aromatic N) is 1. The minimum atomic E-state index is -3.90. The number of halogens is 1. The second-order valence-electron chi connectivity index (χ2n) is 4.40. The SMILES string of the molecule is NC(=O)C1CCN(S(=O)(=O)c2cccc(F)c2N)C1. The molecule has 0 aromatic heterocycles. The lowest BCUT2D eigenvalue weighted by Gasteiger charge is -2.17. The van der Waals surface area contributed by atoms with Crippen LogP contribution in [0.25, 0.3) is 0 Å². The normalized spacial score (nSPS) is 20.6. The van der Waals surface area contributed by atoms with Crippen LogP contribution in [0.1, 0.15) is 6.42 Å². The first-order valence-corrected chi connectivity index (χ1v) is 7.11. The van der Waals surface area contributed by atoms with E-state index >= 15 is 0 Å². The first-order chi connectivity index (χ1) is 8.84. The number of hydrogen-bond acceptors (Lipinski definition) is 4. The number of sulfonamides is 1. The van der Waals surface area contributed by atoms with Gasteiger partial charge in [-0.05, 0) is 18.6 Å². The highest BCUT2D eigenvalue weighted by Gasteiger charge is 2.36. The van der Waals surface area contributed by atoms with E-state index < -0.39 is 33.4 Å². The monoisotopic (exact) mass is 287 g/mol. The Hall–Kier alpha value is -1.67. The summed E-state index contributed by atoms with van der Waals surface area (Å²) in [6.45, 7) is 0.180. The Morgan fingerprint density at radius 1 is 1.42 bits per heavy atom. The molecule has 1 unspecified atom stereocenters. The lowest BCUT2D eigenvalue weighted by molar-refractivity contribution is -0.121. The number of primary amides is 1. The third-order valence-electron chi connectivity index (χ3n) is 3.18. The van der Waals surface area contributed by atoms with Gasteiger partial charge in [0.05, 0.1) is 11.6 Å². The van der Waals surface area contributed by atoms with Crippen LogP contribution in [0.4, 0.5) is 10.1 Å². The van der Waals surface area contributed by atoms with Crippen LogP contribution < -0.4 is 11.5 Å². The molecule has 0 spiro atoms. The Balaban J connectivity index is 2.34. The summed E-state index contributed by atoms with van der Waals surface area (Å²) in [7, 11) is -3.90. The predicted molar refractivity (Wildman–Crippen MR) is 66.9 cm³/mol. The van der Waals surface area contributed by atoms with Crippen molar-refractivity contribution in [3.63, 3.8) is 0 Å². The van der Waals surface area contributed by atoms with Crippen LogP contribution in [0, 0.1) is 11.7 Å². The van der Waals surface area contributed by atoms with Crippen LogP contribution in [-0.2, 0) is 14.8 Å². The number of benzene rings is 1. The van der Waals surface area contributed by atoms with E-state index in [2.05, 4.69) is 0 Å². The summed E-state index contributed by atoms with van der Waals surface area (Å²) < 4.78 is 39.0. The van der Waals surface area contributed by atoms with Gasteiger partial charge in [0.15, 0.2) is 0 Å². The smallest absolute Gasteiger partial charge is 0.245 e. The van der Waals surface area contributed by atoms with Gasteiger partial charge in [-0.15, -0.1) is 0 Å². The van der Waals surface area contributed by atoms with E-state index in [9.17, 15) is 17.6 Å². The number of rotatable bonds is 3. The maximum Gasteiger partial charge on any atom is 0.245 e. The number of carbonyl (C=O) groups excluding carboxylic acids is 1. The van der Waals surface area contributed by atoms with Gasteiger partial charge in [0.1, 0.15) is 10.7 Å². The standard InChI is InChI=1S/C11H14FN3O3S/c12-8-2-1-3-9(10(8)13)19(17,18)15-5-4-7(6-15)11(14)16/h1-3,7H,4-6,13H2,(H2,14,16). The van der Waals surface area contributed by atoms with Crippen molar-refractivity contribution in [1.29, 1.82) is 0 Å². The van der Waals surface area contributed by atoms with Crippen molar-refractivity contribution in [3.05, 3.63) is 24.0 Å². The first kappa shape index (κ1) is 13.8. The fourth-order valence-corrected chi connectivity index (χ4v) is 3.69. The van der Waals surface area contributed by atoms with Crippen LogP contribution >= 0.6 is 0 Å². The summed E-state index contributed by atoms with van der Waals surface area (Å²) in [4.78, 5) is 10.8. The molecule has 104 valence electrons. The quantitative estimate of drug-likeness (QED) is 0.757. The van der Waals surface area contributed by atoms with Gasteiger partial charge in [-0.3, -0.25) is 4.79 Å². The van der Waals surface area contributed by atoms with Gasteiger partial charge in [0.25, 0.3) is 0 Å². The van der Waals surface area contributed by atoms with Crippen molar-refractivity contribution in [2.75, 3.05) is 18.8 Å². The molecular formula is C11H14FN3O3S. The zero-order valence-electron chi connectivity index (χ0n) is 10.0. The van der Waals surface area contributed by atoms with E-state index in [0.29, 0.717) is 6.42 Å². The molecule has 1 aromatic rings. The van der Waals surface area contributed by atoms with E-state index in [1.54, 1.807) is 0 Å². The fourth-order valence-electron chi connectivity index (χ4n) is 2.06. The van der Waals surface area contributed by atoms with Crippen LogP contribution in [0.5, 0.6) is 0 Å². The summed E-state index contributed by atoms with van der Waals surface area (Å²) >= 11 is 0. The second-order valence-corrected chi connectivity index (χ2v) is 6.31. The molecule has 0 bridgehead atoms. The molecule has 1 aliphatic rings. The molecule has 1 aliphatic heterocycles. The van der Waals surface area contributed by atoms with Crippen LogP contribution in [0.15, 0.2) is 23.1 Å². The summed E-state index contributed by atoms with van der Waals surface area (Å²) in [6.07, 6.45) is 0.365. The number of hydrogen-bond donors (Lipinski definition) is 2. The molecule has 1 fully saturated rings. The molecule has 1 saturated heterocycles. The molecule has 1 aromatic carbocycles. The van der Waals surface area contributed by atoms with E-state index in [1.807, 2.05) is 0 Å². The van der Waals surface area contributed by atoms with Crippen molar-refractivity contribution in [3.8, 4) is 0 Å². The number of para-hydroxylation sites is 1. The largest absolute Gasteiger partial charge is 0.395 e. The van der Waals surface area contributed by atoms with Gasteiger partial charge >= 0.3 is 0 Å². The van der Waals surface area contributed by atoms with Gasteiger partial charge in [-0.2, -0.15) is 4.31 Å². The maximum atomic E-state index is 13.3. The zero-order valence-corrected chi connectivity index (χ0v) is 10.9. The summed E-state index contributed by atoms with van der Waals surface area (Å²) in [5.74, 6) is -1.83. The summed E-state index contributed by atoms with van der Waals surface area (Å²) in [5.41, 5.74) is 10.2. The lowest BCUT2D eigenvalue weighted by atomic mass is 10.1. The zero-order chi connectivity index (χ0) is 14.2. The fraction of sp³-hybridized carbons (Fsp3) is 0.364. The Labute approximate surface area is 110 Å². The van der Waals surface area contributed by atoms with Gasteiger partial charge < -0.3 is 11.5 Å². The highest BCUT2D eigenvalue weighted by atomic mass is 32.2. The highest BCUT2D eigenvalue weighted by Crippen LogP contribution is 2.28. The molecule has 1 amide bonds. The number of nitrogen functional groups attached to an aromatic ring is 1. The molecule has 4 N–H and O–H groups in total. The van der Waals surface area contributed by atoms with Crippen molar-refractivity contribution >= 4 is 21.6 Å². The molecule has 0 aliphatic carbocycles.